The van der Waals surface area contributed by atoms with E-state index in [4.69, 9.17) is 0 Å². The van der Waals surface area contributed by atoms with E-state index in [2.05, 4.69) is 50.1 Å². The molecule has 8 heteroatoms. The fourth-order valence-electron chi connectivity index (χ4n) is 3.78. The number of amides is 1. The number of piperazine rings is 1. The molecule has 3 aromatic rings. The Morgan fingerprint density at radius 1 is 1.17 bits per heavy atom. The first-order chi connectivity index (χ1) is 14.0. The molecule has 1 aromatic carbocycles. The van der Waals surface area contributed by atoms with Crippen molar-refractivity contribution < 1.29 is 4.79 Å². The van der Waals surface area contributed by atoms with Crippen LogP contribution in [0, 0.1) is 6.92 Å². The first-order valence-electron chi connectivity index (χ1n) is 10.0. The van der Waals surface area contributed by atoms with Crippen LogP contribution in [0.3, 0.4) is 0 Å². The van der Waals surface area contributed by atoms with Gasteiger partial charge in [0.25, 0.3) is 5.78 Å². The summed E-state index contributed by atoms with van der Waals surface area (Å²) in [6.07, 6.45) is 1.53. The number of nitrogens with one attached hydrogen (secondary N) is 1. The van der Waals surface area contributed by atoms with Crippen LogP contribution in [0.1, 0.15) is 31.0 Å². The summed E-state index contributed by atoms with van der Waals surface area (Å²) in [5.74, 6) is 2.02. The van der Waals surface area contributed by atoms with Gasteiger partial charge in [0.2, 0.25) is 5.91 Å². The summed E-state index contributed by atoms with van der Waals surface area (Å²) in [4.78, 5) is 25.7. The molecule has 1 saturated heterocycles. The second-order valence-corrected chi connectivity index (χ2v) is 7.78. The number of carbonyl (C=O) groups is 1. The van der Waals surface area contributed by atoms with Gasteiger partial charge in [-0.05, 0) is 24.5 Å². The van der Waals surface area contributed by atoms with Crippen LogP contribution in [-0.4, -0.2) is 63.1 Å². The van der Waals surface area contributed by atoms with Crippen LogP contribution in [0.4, 0.5) is 11.5 Å². The average molecular weight is 393 g/mol. The maximum atomic E-state index is 12.6. The van der Waals surface area contributed by atoms with Gasteiger partial charge in [-0.2, -0.15) is 14.6 Å². The van der Waals surface area contributed by atoms with E-state index in [-0.39, 0.29) is 5.91 Å². The predicted molar refractivity (Wildman–Crippen MR) is 113 cm³/mol. The molecular weight excluding hydrogens is 366 g/mol. The largest absolute Gasteiger partial charge is 0.354 e. The molecule has 0 unspecified atom stereocenters. The van der Waals surface area contributed by atoms with Crippen molar-refractivity contribution in [3.05, 3.63) is 47.9 Å². The van der Waals surface area contributed by atoms with E-state index in [1.165, 1.54) is 6.33 Å². The Kier molecular flexibility index (Phi) is 5.44. The number of hydrogen-bond donors (Lipinski definition) is 1. The van der Waals surface area contributed by atoms with E-state index in [0.717, 1.165) is 48.9 Å². The Hall–Kier alpha value is -3.00. The zero-order chi connectivity index (χ0) is 20.4. The summed E-state index contributed by atoms with van der Waals surface area (Å²) < 4.78 is 1.78. The number of aromatic nitrogens is 4. The molecule has 1 aliphatic heterocycles. The lowest BCUT2D eigenvalue weighted by Gasteiger charge is -2.35. The maximum absolute atomic E-state index is 12.6. The van der Waals surface area contributed by atoms with Crippen LogP contribution in [0.2, 0.25) is 0 Å². The van der Waals surface area contributed by atoms with E-state index >= 15 is 0 Å². The molecule has 3 heterocycles. The molecule has 1 fully saturated rings. The van der Waals surface area contributed by atoms with Crippen LogP contribution in [0.5, 0.6) is 0 Å². The summed E-state index contributed by atoms with van der Waals surface area (Å²) in [6.45, 7) is 9.92. The molecule has 1 amide bonds. The number of para-hydroxylation sites is 1. The molecule has 0 radical (unpaired) electrons. The summed E-state index contributed by atoms with van der Waals surface area (Å²) in [5, 5.41) is 7.38. The van der Waals surface area contributed by atoms with Crippen molar-refractivity contribution in [1.82, 2.24) is 24.5 Å². The molecule has 0 aliphatic carbocycles. The van der Waals surface area contributed by atoms with Crippen molar-refractivity contribution in [2.75, 3.05) is 42.9 Å². The number of nitrogens with zero attached hydrogens (tertiary/aromatic N) is 6. The highest BCUT2D eigenvalue weighted by atomic mass is 16.2. The van der Waals surface area contributed by atoms with E-state index in [1.54, 1.807) is 4.52 Å². The molecule has 4 rings (SSSR count). The van der Waals surface area contributed by atoms with Crippen LogP contribution in [0.25, 0.3) is 5.78 Å². The lowest BCUT2D eigenvalue weighted by atomic mass is 10.0. The smallest absolute Gasteiger partial charge is 0.254 e. The molecular formula is C21H27N7O. The summed E-state index contributed by atoms with van der Waals surface area (Å²) in [6, 6.07) is 10.0. The van der Waals surface area contributed by atoms with Crippen LogP contribution >= 0.6 is 0 Å². The van der Waals surface area contributed by atoms with Gasteiger partial charge in [0.15, 0.2) is 0 Å². The first-order valence-corrected chi connectivity index (χ1v) is 10.0. The van der Waals surface area contributed by atoms with E-state index in [1.807, 2.05) is 31.2 Å². The van der Waals surface area contributed by atoms with Gasteiger partial charge in [0.05, 0.1) is 6.54 Å². The van der Waals surface area contributed by atoms with Gasteiger partial charge >= 0.3 is 0 Å². The molecule has 1 N–H and O–H groups in total. The molecule has 0 saturated carbocycles. The average Bonchev–Trinajstić information content (AvgIpc) is 3.16. The summed E-state index contributed by atoms with van der Waals surface area (Å²) in [5.41, 5.74) is 2.99. The molecule has 29 heavy (non-hydrogen) atoms. The van der Waals surface area contributed by atoms with E-state index in [0.29, 0.717) is 18.2 Å². The minimum atomic E-state index is 0.0324. The highest BCUT2D eigenvalue weighted by Gasteiger charge is 2.22. The fourth-order valence-corrected chi connectivity index (χ4v) is 3.78. The van der Waals surface area contributed by atoms with Gasteiger partial charge in [0, 0.05) is 43.6 Å². The number of carbonyl (C=O) groups excluding carboxylic acids is 1. The predicted octanol–water partition coefficient (Wildman–Crippen LogP) is 2.32. The molecule has 8 nitrogen and oxygen atoms in total. The standard InChI is InChI=1S/C21H27N7O/c1-15(2)17-6-4-5-7-18(17)25-19(29)13-26-8-10-27(11-9-26)20-12-16(3)24-21-22-14-23-28(20)21/h4-7,12,14-15H,8-11,13H2,1-3H3,(H,25,29). The molecule has 152 valence electrons. The number of hydrogen-bond acceptors (Lipinski definition) is 6. The minimum Gasteiger partial charge on any atom is -0.354 e. The Balaban J connectivity index is 1.37. The van der Waals surface area contributed by atoms with Crippen molar-refractivity contribution in [2.45, 2.75) is 26.7 Å². The van der Waals surface area contributed by atoms with Crippen LogP contribution in [0.15, 0.2) is 36.7 Å². The maximum Gasteiger partial charge on any atom is 0.254 e. The molecule has 2 aromatic heterocycles. The number of benzene rings is 1. The molecule has 0 atom stereocenters. The number of fused-ring (bicyclic) bond motifs is 1. The van der Waals surface area contributed by atoms with Crippen LogP contribution < -0.4 is 10.2 Å². The topological polar surface area (TPSA) is 78.7 Å². The van der Waals surface area contributed by atoms with Gasteiger partial charge in [-0.1, -0.05) is 32.0 Å². The van der Waals surface area contributed by atoms with Crippen LogP contribution in [-0.2, 0) is 4.79 Å². The lowest BCUT2D eigenvalue weighted by molar-refractivity contribution is -0.117. The summed E-state index contributed by atoms with van der Waals surface area (Å²) >= 11 is 0. The highest BCUT2D eigenvalue weighted by Crippen LogP contribution is 2.23. The lowest BCUT2D eigenvalue weighted by Crippen LogP contribution is -2.49. The van der Waals surface area contributed by atoms with Crippen molar-refractivity contribution in [3.63, 3.8) is 0 Å². The Labute approximate surface area is 170 Å². The molecule has 0 bridgehead atoms. The second-order valence-electron chi connectivity index (χ2n) is 7.78. The third-order valence-electron chi connectivity index (χ3n) is 5.28. The Morgan fingerprint density at radius 2 is 1.93 bits per heavy atom. The fraction of sp³-hybridized carbons (Fsp3) is 0.429. The zero-order valence-electron chi connectivity index (χ0n) is 17.2. The van der Waals surface area contributed by atoms with Gasteiger partial charge in [-0.3, -0.25) is 9.69 Å². The number of anilines is 2. The van der Waals surface area contributed by atoms with Crippen molar-refractivity contribution in [3.8, 4) is 0 Å². The normalized spacial score (nSPS) is 15.2. The SMILES string of the molecule is Cc1cc(N2CCN(CC(=O)Nc3ccccc3C(C)C)CC2)n2ncnc2n1. The quantitative estimate of drug-likeness (QED) is 0.717. The number of aryl methyl sites for hydroxylation is 1. The Morgan fingerprint density at radius 3 is 2.69 bits per heavy atom. The van der Waals surface area contributed by atoms with E-state index in [9.17, 15) is 4.79 Å². The van der Waals surface area contributed by atoms with E-state index < -0.39 is 0 Å². The van der Waals surface area contributed by atoms with Crippen molar-refractivity contribution >= 4 is 23.2 Å². The first kappa shape index (κ1) is 19.3. The van der Waals surface area contributed by atoms with Gasteiger partial charge in [-0.25, -0.2) is 4.98 Å². The third-order valence-corrected chi connectivity index (χ3v) is 5.28. The molecule has 1 aliphatic rings. The zero-order valence-corrected chi connectivity index (χ0v) is 17.2. The Bertz CT molecular complexity index is 1010. The monoisotopic (exact) mass is 393 g/mol. The third kappa shape index (κ3) is 4.22. The second kappa shape index (κ2) is 8.16. The summed E-state index contributed by atoms with van der Waals surface area (Å²) in [7, 11) is 0. The van der Waals surface area contributed by atoms with Gasteiger partial charge < -0.3 is 10.2 Å². The van der Waals surface area contributed by atoms with Crippen molar-refractivity contribution in [1.29, 1.82) is 0 Å². The minimum absolute atomic E-state index is 0.0324. The molecule has 0 spiro atoms. The number of rotatable bonds is 5. The van der Waals surface area contributed by atoms with Gasteiger partial charge in [-0.15, -0.1) is 0 Å². The van der Waals surface area contributed by atoms with Gasteiger partial charge in [0.1, 0.15) is 12.1 Å². The van der Waals surface area contributed by atoms with Crippen molar-refractivity contribution in [2.24, 2.45) is 0 Å². The highest BCUT2D eigenvalue weighted by molar-refractivity contribution is 5.93.